The molecule has 3 aromatic carbocycles. The Labute approximate surface area is 252 Å². The Bertz CT molecular complexity index is 1950. The molecule has 0 aliphatic heterocycles. The molecule has 201 valence electrons. The topological polar surface area (TPSA) is 38.9 Å². The van der Waals surface area contributed by atoms with Crippen LogP contribution in [0.4, 0.5) is 0 Å². The zero-order valence-corrected chi connectivity index (χ0v) is 26.3. The Hall–Kier alpha value is -3.63. The van der Waals surface area contributed by atoms with Crippen LogP contribution < -0.4 is 0 Å². The predicted molar refractivity (Wildman–Crippen MR) is 163 cm³/mol. The molecule has 0 bridgehead atoms. The van der Waals surface area contributed by atoms with Gasteiger partial charge in [0.25, 0.3) is 0 Å². The number of hydrogen-bond acceptors (Lipinski definition) is 4. The molecule has 4 aromatic heterocycles. The smallest absolute Gasteiger partial charge is 0.122 e. The van der Waals surface area contributed by atoms with Crippen molar-refractivity contribution in [2.75, 3.05) is 0 Å². The summed E-state index contributed by atoms with van der Waals surface area (Å²) in [6, 6.07) is 29.0. The summed E-state index contributed by atoms with van der Waals surface area (Å²) in [5.41, 5.74) is 10.7. The van der Waals surface area contributed by atoms with Gasteiger partial charge in [0.05, 0.1) is 5.58 Å². The molecule has 0 saturated carbocycles. The molecule has 1 radical (unpaired) electrons. The Morgan fingerprint density at radius 1 is 0.800 bits per heavy atom. The van der Waals surface area contributed by atoms with Gasteiger partial charge in [-0.3, -0.25) is 0 Å². The maximum absolute atomic E-state index is 6.23. The third-order valence-electron chi connectivity index (χ3n) is 7.28. The molecule has 0 amide bonds. The van der Waals surface area contributed by atoms with Gasteiger partial charge in [-0.15, -0.1) is 64.9 Å². The Balaban J connectivity index is 0.000000175. The molecular formula is C35H28IrN2OS-2. The molecule has 0 saturated heterocycles. The minimum absolute atomic E-state index is 0. The van der Waals surface area contributed by atoms with Crippen molar-refractivity contribution in [3.05, 3.63) is 118 Å². The van der Waals surface area contributed by atoms with Crippen LogP contribution in [-0.2, 0) is 20.1 Å². The van der Waals surface area contributed by atoms with Gasteiger partial charge in [-0.1, -0.05) is 41.6 Å². The molecule has 0 aliphatic carbocycles. The van der Waals surface area contributed by atoms with Gasteiger partial charge in [0.2, 0.25) is 0 Å². The second-order valence-electron chi connectivity index (χ2n) is 9.94. The zero-order valence-electron chi connectivity index (χ0n) is 23.0. The minimum atomic E-state index is 0. The van der Waals surface area contributed by atoms with E-state index in [1.807, 2.05) is 47.9 Å². The van der Waals surface area contributed by atoms with Crippen LogP contribution in [-0.4, -0.2) is 9.97 Å². The molecule has 0 fully saturated rings. The average Bonchev–Trinajstić information content (AvgIpc) is 3.48. The number of fused-ring (bicyclic) bond motifs is 5. The Kier molecular flexibility index (Phi) is 8.00. The molecule has 3 nitrogen and oxygen atoms in total. The monoisotopic (exact) mass is 717 g/mol. The molecule has 40 heavy (non-hydrogen) atoms. The number of rotatable bonds is 2. The number of thiophene rings is 1. The molecule has 0 unspecified atom stereocenters. The zero-order chi connectivity index (χ0) is 27.1. The second kappa shape index (κ2) is 11.5. The summed E-state index contributed by atoms with van der Waals surface area (Å²) in [7, 11) is 0. The van der Waals surface area contributed by atoms with Crippen molar-refractivity contribution in [2.24, 2.45) is 0 Å². The largest absolute Gasteiger partial charge is 0.501 e. The summed E-state index contributed by atoms with van der Waals surface area (Å²) in [4.78, 5) is 10.2. The van der Waals surface area contributed by atoms with Crippen LogP contribution >= 0.6 is 11.3 Å². The second-order valence-corrected chi connectivity index (χ2v) is 11.2. The van der Waals surface area contributed by atoms with E-state index in [9.17, 15) is 0 Å². The normalized spacial score (nSPS) is 10.9. The maximum atomic E-state index is 6.23. The third-order valence-corrected chi connectivity index (χ3v) is 8.52. The minimum Gasteiger partial charge on any atom is -0.501 e. The van der Waals surface area contributed by atoms with Crippen molar-refractivity contribution in [3.63, 3.8) is 0 Å². The van der Waals surface area contributed by atoms with Gasteiger partial charge in [0.15, 0.2) is 0 Å². The SMILES string of the molecule is Cc1c[c-]c(-c2cc(C)c(C)cn2)cc1.Cc1sc2c(ccc3oc4c(-c5ccccn5)[c-]ccc4c32)c1C.[Ir]. The van der Waals surface area contributed by atoms with Crippen molar-refractivity contribution in [3.8, 4) is 22.5 Å². The third kappa shape index (κ3) is 5.13. The number of pyridine rings is 2. The quantitative estimate of drug-likeness (QED) is 0.167. The molecule has 5 heteroatoms. The number of nitrogens with zero attached hydrogens (tertiary/aromatic N) is 2. The first-order chi connectivity index (χ1) is 18.9. The number of hydrogen-bond donors (Lipinski definition) is 0. The van der Waals surface area contributed by atoms with E-state index in [2.05, 4.69) is 93.1 Å². The van der Waals surface area contributed by atoms with E-state index in [1.54, 1.807) is 6.20 Å². The maximum Gasteiger partial charge on any atom is 0.122 e. The fraction of sp³-hybridized carbons (Fsp3) is 0.143. The van der Waals surface area contributed by atoms with Crippen LogP contribution in [0.2, 0.25) is 0 Å². The van der Waals surface area contributed by atoms with E-state index in [-0.39, 0.29) is 20.1 Å². The van der Waals surface area contributed by atoms with Crippen molar-refractivity contribution >= 4 is 43.4 Å². The Morgan fingerprint density at radius 2 is 1.65 bits per heavy atom. The van der Waals surface area contributed by atoms with Gasteiger partial charge in [-0.2, -0.15) is 0 Å². The van der Waals surface area contributed by atoms with Crippen molar-refractivity contribution in [2.45, 2.75) is 34.6 Å². The van der Waals surface area contributed by atoms with Crippen molar-refractivity contribution < 1.29 is 24.5 Å². The van der Waals surface area contributed by atoms with Crippen LogP contribution in [0, 0.1) is 46.8 Å². The number of aromatic nitrogens is 2. The van der Waals surface area contributed by atoms with Crippen LogP contribution in [0.3, 0.4) is 0 Å². The first-order valence-corrected chi connectivity index (χ1v) is 13.8. The van der Waals surface area contributed by atoms with E-state index in [0.29, 0.717) is 0 Å². The molecule has 7 aromatic rings. The summed E-state index contributed by atoms with van der Waals surface area (Å²) in [6.45, 7) is 10.6. The number of aryl methyl sites for hydroxylation is 5. The standard InChI is InChI=1S/C21H14NOS.C14H14N.Ir/c1-12-13(2)24-21-14(12)9-10-18-19(21)16-7-5-6-15(20(16)23-18)17-8-3-4-11-22-17;1-10-4-6-13(7-5-10)14-8-11(2)12(3)9-15-14;/h3-5,7-11H,1-2H3;4-6,8-9H,1-3H3;/q2*-1;. The van der Waals surface area contributed by atoms with Crippen LogP contribution in [0.5, 0.6) is 0 Å². The molecule has 7 rings (SSSR count). The van der Waals surface area contributed by atoms with Crippen molar-refractivity contribution in [1.29, 1.82) is 0 Å². The van der Waals surface area contributed by atoms with E-state index >= 15 is 0 Å². The predicted octanol–water partition coefficient (Wildman–Crippen LogP) is 9.75. The summed E-state index contributed by atoms with van der Waals surface area (Å²) in [5.74, 6) is 0. The van der Waals surface area contributed by atoms with Gasteiger partial charge >= 0.3 is 0 Å². The van der Waals surface area contributed by atoms with Gasteiger partial charge in [0.1, 0.15) is 5.58 Å². The molecule has 0 spiro atoms. The summed E-state index contributed by atoms with van der Waals surface area (Å²) < 4.78 is 7.54. The van der Waals surface area contributed by atoms with E-state index < -0.39 is 0 Å². The van der Waals surface area contributed by atoms with Crippen LogP contribution in [0.15, 0.2) is 83.5 Å². The molecule has 0 N–H and O–H groups in total. The molecule has 0 aliphatic rings. The summed E-state index contributed by atoms with van der Waals surface area (Å²) in [5, 5.41) is 3.66. The molecule has 0 atom stereocenters. The number of benzene rings is 3. The van der Waals surface area contributed by atoms with Gasteiger partial charge < -0.3 is 14.4 Å². The summed E-state index contributed by atoms with van der Waals surface area (Å²) >= 11 is 1.84. The first kappa shape index (κ1) is 27.9. The molecular weight excluding hydrogens is 689 g/mol. The fourth-order valence-electron chi connectivity index (χ4n) is 4.76. The van der Waals surface area contributed by atoms with Crippen LogP contribution in [0.25, 0.3) is 54.5 Å². The van der Waals surface area contributed by atoms with Gasteiger partial charge in [-0.25, -0.2) is 0 Å². The van der Waals surface area contributed by atoms with Gasteiger partial charge in [0, 0.05) is 47.5 Å². The molecule has 4 heterocycles. The van der Waals surface area contributed by atoms with E-state index in [0.717, 1.165) is 39.1 Å². The van der Waals surface area contributed by atoms with E-state index in [1.165, 1.54) is 42.6 Å². The summed E-state index contributed by atoms with van der Waals surface area (Å²) in [6.07, 6.45) is 3.72. The Morgan fingerprint density at radius 3 is 2.38 bits per heavy atom. The van der Waals surface area contributed by atoms with Crippen LogP contribution in [0.1, 0.15) is 27.1 Å². The average molecular weight is 717 g/mol. The fourth-order valence-corrected chi connectivity index (χ4v) is 5.97. The van der Waals surface area contributed by atoms with Crippen molar-refractivity contribution in [1.82, 2.24) is 9.97 Å². The first-order valence-electron chi connectivity index (χ1n) is 13.0. The van der Waals surface area contributed by atoms with Gasteiger partial charge in [-0.05, 0) is 73.8 Å². The number of furan rings is 1. The van der Waals surface area contributed by atoms with E-state index in [4.69, 9.17) is 4.42 Å².